The fourth-order valence-electron chi connectivity index (χ4n) is 2.97. The largest absolute Gasteiger partial charge is 0.383 e. The molecule has 5 N–H and O–H groups in total. The zero-order valence-electron chi connectivity index (χ0n) is 14.2. The van der Waals surface area contributed by atoms with Crippen molar-refractivity contribution in [2.24, 2.45) is 5.73 Å². The molecule has 2 heterocycles. The lowest BCUT2D eigenvalue weighted by molar-refractivity contribution is 0.0942. The van der Waals surface area contributed by atoms with E-state index in [2.05, 4.69) is 10.6 Å². The number of thiophene rings is 1. The number of fused-ring (bicyclic) bond motifs is 1. The van der Waals surface area contributed by atoms with Crippen molar-refractivity contribution in [3.8, 4) is 0 Å². The summed E-state index contributed by atoms with van der Waals surface area (Å²) in [7, 11) is 0. The van der Waals surface area contributed by atoms with E-state index in [1.807, 2.05) is 36.4 Å². The molecule has 3 rings (SSSR count). The second-order valence-electron chi connectivity index (χ2n) is 6.02. The Morgan fingerprint density at radius 3 is 2.88 bits per heavy atom. The highest BCUT2D eigenvalue weighted by Crippen LogP contribution is 2.32. The zero-order valence-corrected chi connectivity index (χ0v) is 15.8. The van der Waals surface area contributed by atoms with Crippen LogP contribution >= 0.6 is 22.9 Å². The molecule has 0 saturated carbocycles. The molecule has 26 heavy (non-hydrogen) atoms. The van der Waals surface area contributed by atoms with Gasteiger partial charge < -0.3 is 21.8 Å². The number of halogens is 1. The van der Waals surface area contributed by atoms with Crippen molar-refractivity contribution in [1.29, 1.82) is 5.41 Å². The van der Waals surface area contributed by atoms with Gasteiger partial charge in [0.2, 0.25) is 0 Å². The number of hydrogen-bond acceptors (Lipinski definition) is 5. The quantitative estimate of drug-likeness (QED) is 0.592. The summed E-state index contributed by atoms with van der Waals surface area (Å²) in [5, 5.41) is 14.1. The average Bonchev–Trinajstić information content (AvgIpc) is 3.00. The Morgan fingerprint density at radius 2 is 2.19 bits per heavy atom. The summed E-state index contributed by atoms with van der Waals surface area (Å²) in [6.07, 6.45) is 2.96. The summed E-state index contributed by atoms with van der Waals surface area (Å²) in [6.45, 7) is 1.12. The van der Waals surface area contributed by atoms with E-state index in [4.69, 9.17) is 22.7 Å². The highest BCUT2D eigenvalue weighted by atomic mass is 35.5. The van der Waals surface area contributed by atoms with Gasteiger partial charge in [0.1, 0.15) is 0 Å². The van der Waals surface area contributed by atoms with Gasteiger partial charge >= 0.3 is 0 Å². The first kappa shape index (κ1) is 18.6. The number of nitrogens with one attached hydrogen (secondary N) is 3. The summed E-state index contributed by atoms with van der Waals surface area (Å²) >= 11 is 7.66. The van der Waals surface area contributed by atoms with Crippen LogP contribution in [0.25, 0.3) is 5.70 Å². The van der Waals surface area contributed by atoms with Gasteiger partial charge in [-0.2, -0.15) is 0 Å². The topological polar surface area (TPSA) is 91.0 Å². The Labute approximate surface area is 161 Å². The summed E-state index contributed by atoms with van der Waals surface area (Å²) in [6, 6.07) is 11.3. The van der Waals surface area contributed by atoms with E-state index < -0.39 is 0 Å². The molecule has 1 aliphatic rings. The molecule has 0 radical (unpaired) electrons. The van der Waals surface area contributed by atoms with Crippen LogP contribution in [0, 0.1) is 5.41 Å². The molecule has 2 aromatic rings. The number of benzene rings is 1. The summed E-state index contributed by atoms with van der Waals surface area (Å²) in [5.74, 6) is -0.146. The van der Waals surface area contributed by atoms with Crippen molar-refractivity contribution in [1.82, 2.24) is 10.6 Å². The van der Waals surface area contributed by atoms with Crippen molar-refractivity contribution >= 4 is 40.8 Å². The van der Waals surface area contributed by atoms with Gasteiger partial charge in [0.15, 0.2) is 0 Å². The summed E-state index contributed by atoms with van der Waals surface area (Å²) < 4.78 is 0. The van der Waals surface area contributed by atoms with Gasteiger partial charge in [0.05, 0.1) is 21.6 Å². The third-order valence-corrected chi connectivity index (χ3v) is 5.78. The monoisotopic (exact) mass is 388 g/mol. The third kappa shape index (κ3) is 3.98. The summed E-state index contributed by atoms with van der Waals surface area (Å²) in [4.78, 5) is 14.5. The maximum absolute atomic E-state index is 12.8. The first-order valence-corrected chi connectivity index (χ1v) is 9.66. The van der Waals surface area contributed by atoms with Gasteiger partial charge in [0, 0.05) is 29.7 Å². The third-order valence-electron chi connectivity index (χ3n) is 4.29. The Hall–Kier alpha value is -2.15. The predicted molar refractivity (Wildman–Crippen MR) is 108 cm³/mol. The Balaban J connectivity index is 1.86. The van der Waals surface area contributed by atoms with E-state index >= 15 is 0 Å². The Bertz CT molecular complexity index is 831. The molecule has 1 aliphatic heterocycles. The van der Waals surface area contributed by atoms with Gasteiger partial charge in [-0.25, -0.2) is 0 Å². The van der Waals surface area contributed by atoms with E-state index in [1.54, 1.807) is 0 Å². The molecule has 5 nitrogen and oxygen atoms in total. The first-order chi connectivity index (χ1) is 12.6. The van der Waals surface area contributed by atoms with Crippen LogP contribution in [0.15, 0.2) is 41.4 Å². The predicted octanol–water partition coefficient (Wildman–Crippen LogP) is 3.27. The lowest BCUT2D eigenvalue weighted by Crippen LogP contribution is -2.32. The van der Waals surface area contributed by atoms with Crippen molar-refractivity contribution in [2.75, 3.05) is 13.1 Å². The minimum Gasteiger partial charge on any atom is -0.383 e. The van der Waals surface area contributed by atoms with E-state index in [0.29, 0.717) is 16.5 Å². The fourth-order valence-corrected chi connectivity index (χ4v) is 4.25. The number of hydrogen-bond donors (Lipinski definition) is 4. The SMILES string of the molecule is N=C/C(Cl)=C1\NCCCc2sc(C(=O)NC(CN)c3ccccc3)cc21. The van der Waals surface area contributed by atoms with Gasteiger partial charge in [-0.05, 0) is 24.5 Å². The maximum atomic E-state index is 12.8. The lowest BCUT2D eigenvalue weighted by atomic mass is 10.1. The molecule has 1 aromatic carbocycles. The number of aryl methyl sites for hydroxylation is 1. The second kappa shape index (κ2) is 8.49. The van der Waals surface area contributed by atoms with Crippen molar-refractivity contribution in [3.63, 3.8) is 0 Å². The van der Waals surface area contributed by atoms with Gasteiger partial charge in [-0.3, -0.25) is 4.79 Å². The molecular formula is C19H21ClN4OS. The van der Waals surface area contributed by atoms with E-state index in [0.717, 1.165) is 47.3 Å². The van der Waals surface area contributed by atoms with Gasteiger partial charge in [0.25, 0.3) is 5.91 Å². The van der Waals surface area contributed by atoms with Crippen LogP contribution in [-0.2, 0) is 6.42 Å². The van der Waals surface area contributed by atoms with E-state index in [1.165, 1.54) is 11.3 Å². The van der Waals surface area contributed by atoms with Crippen LogP contribution in [0.4, 0.5) is 0 Å². The molecule has 0 aliphatic carbocycles. The molecule has 1 unspecified atom stereocenters. The maximum Gasteiger partial charge on any atom is 0.261 e. The molecule has 7 heteroatoms. The molecule has 1 atom stereocenters. The smallest absolute Gasteiger partial charge is 0.261 e. The normalized spacial score (nSPS) is 16.7. The Morgan fingerprint density at radius 1 is 1.42 bits per heavy atom. The lowest BCUT2D eigenvalue weighted by Gasteiger charge is -2.16. The molecule has 0 spiro atoms. The van der Waals surface area contributed by atoms with E-state index in [9.17, 15) is 4.79 Å². The number of carbonyl (C=O) groups is 1. The fraction of sp³-hybridized carbons (Fsp3) is 0.263. The molecular weight excluding hydrogens is 368 g/mol. The molecule has 136 valence electrons. The van der Waals surface area contributed by atoms with Crippen molar-refractivity contribution in [3.05, 3.63) is 62.3 Å². The van der Waals surface area contributed by atoms with Crippen LogP contribution < -0.4 is 16.4 Å². The second-order valence-corrected chi connectivity index (χ2v) is 7.56. The van der Waals surface area contributed by atoms with Crippen LogP contribution in [0.5, 0.6) is 0 Å². The number of allylic oxidation sites excluding steroid dienone is 1. The van der Waals surface area contributed by atoms with Crippen LogP contribution in [0.1, 0.15) is 38.1 Å². The van der Waals surface area contributed by atoms with Gasteiger partial charge in [-0.15, -0.1) is 11.3 Å². The van der Waals surface area contributed by atoms with Crippen LogP contribution in [-0.4, -0.2) is 25.2 Å². The van der Waals surface area contributed by atoms with E-state index in [-0.39, 0.29) is 11.9 Å². The highest BCUT2D eigenvalue weighted by Gasteiger charge is 2.22. The van der Waals surface area contributed by atoms with Gasteiger partial charge in [-0.1, -0.05) is 41.9 Å². The first-order valence-electron chi connectivity index (χ1n) is 8.47. The standard InChI is InChI=1S/C19H21ClN4OS/c20-14(10-21)18-13-9-17(26-16(13)7-4-8-23-18)19(25)24-15(11-22)12-5-2-1-3-6-12/h1-3,5-6,9-10,15,21,23H,4,7-8,11,22H2,(H,24,25)/b18-14+,21-10?. The molecule has 1 amide bonds. The molecule has 1 aromatic heterocycles. The van der Waals surface area contributed by atoms with Crippen LogP contribution in [0.2, 0.25) is 0 Å². The number of nitrogens with two attached hydrogens (primary N) is 1. The molecule has 0 fully saturated rings. The average molecular weight is 389 g/mol. The number of carbonyl (C=O) groups excluding carboxylic acids is 1. The Kier molecular flexibility index (Phi) is 6.08. The molecule has 0 bridgehead atoms. The minimum absolute atomic E-state index is 0.146. The zero-order chi connectivity index (χ0) is 18.5. The minimum atomic E-state index is -0.232. The van der Waals surface area contributed by atoms with Crippen molar-refractivity contribution < 1.29 is 4.79 Å². The van der Waals surface area contributed by atoms with Crippen molar-refractivity contribution in [2.45, 2.75) is 18.9 Å². The number of rotatable bonds is 5. The highest BCUT2D eigenvalue weighted by molar-refractivity contribution is 7.14. The summed E-state index contributed by atoms with van der Waals surface area (Å²) in [5.41, 5.74) is 8.48. The van der Waals surface area contributed by atoms with Crippen LogP contribution in [0.3, 0.4) is 0 Å². The number of amides is 1. The molecule has 0 saturated heterocycles.